The predicted octanol–water partition coefficient (Wildman–Crippen LogP) is 2.96. The van der Waals surface area contributed by atoms with Gasteiger partial charge in [-0.05, 0) is 43.7 Å². The molecule has 3 nitrogen and oxygen atoms in total. The Morgan fingerprint density at radius 1 is 1.29 bits per heavy atom. The van der Waals surface area contributed by atoms with Gasteiger partial charge in [0.2, 0.25) is 0 Å². The Bertz CT molecular complexity index is 521. The van der Waals surface area contributed by atoms with Gasteiger partial charge in [-0.15, -0.1) is 11.3 Å². The fraction of sp³-hybridized carbons (Fsp3) is 0.636. The molecule has 0 radical (unpaired) electrons. The van der Waals surface area contributed by atoms with Crippen LogP contribution in [0.15, 0.2) is 16.3 Å². The smallest absolute Gasteiger partial charge is 0.206 e. The van der Waals surface area contributed by atoms with Crippen LogP contribution in [0.3, 0.4) is 0 Å². The first-order valence-electron chi connectivity index (χ1n) is 5.86. The van der Waals surface area contributed by atoms with Crippen LogP contribution in [0, 0.1) is 5.92 Å². The Labute approximate surface area is 110 Å². The molecule has 17 heavy (non-hydrogen) atoms. The van der Waals surface area contributed by atoms with E-state index >= 15 is 0 Å². The molecule has 1 saturated carbocycles. The maximum Gasteiger partial charge on any atom is 0.252 e. The average molecular weight is 292 g/mol. The molecule has 0 bridgehead atoms. The lowest BCUT2D eigenvalue weighted by atomic mass is 10.1. The van der Waals surface area contributed by atoms with Crippen LogP contribution in [0.1, 0.15) is 25.7 Å². The summed E-state index contributed by atoms with van der Waals surface area (Å²) in [5, 5.41) is 0. The van der Waals surface area contributed by atoms with Gasteiger partial charge >= 0.3 is 0 Å². The van der Waals surface area contributed by atoms with Crippen LogP contribution in [0.2, 0.25) is 4.34 Å². The normalized spacial score (nSPS) is 26.5. The van der Waals surface area contributed by atoms with Crippen LogP contribution in [-0.4, -0.2) is 25.3 Å². The Balaban J connectivity index is 1.91. The fourth-order valence-electron chi connectivity index (χ4n) is 2.57. The van der Waals surface area contributed by atoms with E-state index in [-0.39, 0.29) is 6.04 Å². The van der Waals surface area contributed by atoms with Crippen molar-refractivity contribution in [1.82, 2.24) is 4.31 Å². The second kappa shape index (κ2) is 4.23. The third kappa shape index (κ3) is 2.14. The highest BCUT2D eigenvalue weighted by Crippen LogP contribution is 2.42. The van der Waals surface area contributed by atoms with Crippen LogP contribution < -0.4 is 0 Å². The third-order valence-electron chi connectivity index (χ3n) is 3.53. The van der Waals surface area contributed by atoms with E-state index in [0.717, 1.165) is 24.2 Å². The Hall–Kier alpha value is -0.100. The average Bonchev–Trinajstić information content (AvgIpc) is 2.83. The lowest BCUT2D eigenvalue weighted by Gasteiger charge is -2.22. The molecular formula is C11H14ClNO2S2. The number of hydrogen-bond donors (Lipinski definition) is 0. The standard InChI is InChI=1S/C11H14ClNO2S2/c12-10-5-6-11(16-10)17(14,15)13-7-1-2-9(13)8-3-4-8/h5-6,8-9H,1-4,7H2. The van der Waals surface area contributed by atoms with Gasteiger partial charge in [0.25, 0.3) is 10.0 Å². The summed E-state index contributed by atoms with van der Waals surface area (Å²) in [6.07, 6.45) is 4.37. The van der Waals surface area contributed by atoms with Crippen LogP contribution >= 0.6 is 22.9 Å². The molecule has 0 amide bonds. The second-order valence-electron chi connectivity index (χ2n) is 4.72. The maximum absolute atomic E-state index is 12.5. The Morgan fingerprint density at radius 3 is 2.65 bits per heavy atom. The van der Waals surface area contributed by atoms with E-state index < -0.39 is 10.0 Å². The summed E-state index contributed by atoms with van der Waals surface area (Å²) in [7, 11) is -3.30. The van der Waals surface area contributed by atoms with Crippen LogP contribution in [0.5, 0.6) is 0 Å². The number of sulfonamides is 1. The molecular weight excluding hydrogens is 278 g/mol. The lowest BCUT2D eigenvalue weighted by Crippen LogP contribution is -2.36. The Kier molecular flexibility index (Phi) is 2.97. The highest BCUT2D eigenvalue weighted by molar-refractivity contribution is 7.91. The molecule has 3 rings (SSSR count). The first kappa shape index (κ1) is 12.0. The van der Waals surface area contributed by atoms with E-state index in [0.29, 0.717) is 21.0 Å². The highest BCUT2D eigenvalue weighted by atomic mass is 35.5. The van der Waals surface area contributed by atoms with Gasteiger partial charge in [-0.2, -0.15) is 4.31 Å². The molecule has 1 aromatic rings. The largest absolute Gasteiger partial charge is 0.252 e. The molecule has 0 N–H and O–H groups in total. The van der Waals surface area contributed by atoms with Crippen LogP contribution in [0.25, 0.3) is 0 Å². The molecule has 2 heterocycles. The van der Waals surface area contributed by atoms with Crippen molar-refractivity contribution in [3.8, 4) is 0 Å². The van der Waals surface area contributed by atoms with Crippen molar-refractivity contribution in [3.63, 3.8) is 0 Å². The van der Waals surface area contributed by atoms with Gasteiger partial charge in [-0.3, -0.25) is 0 Å². The molecule has 6 heteroatoms. The number of halogens is 1. The van der Waals surface area contributed by atoms with Crippen LogP contribution in [0.4, 0.5) is 0 Å². The van der Waals surface area contributed by atoms with Gasteiger partial charge in [0, 0.05) is 12.6 Å². The van der Waals surface area contributed by atoms with Crippen molar-refractivity contribution in [3.05, 3.63) is 16.5 Å². The molecule has 0 aromatic carbocycles. The summed E-state index contributed by atoms with van der Waals surface area (Å²) in [4.78, 5) is 0. The van der Waals surface area contributed by atoms with Gasteiger partial charge < -0.3 is 0 Å². The van der Waals surface area contributed by atoms with E-state index in [1.807, 2.05) is 0 Å². The maximum atomic E-state index is 12.5. The van der Waals surface area contributed by atoms with E-state index in [1.54, 1.807) is 16.4 Å². The molecule has 1 unspecified atom stereocenters. The summed E-state index contributed by atoms with van der Waals surface area (Å²) in [6.45, 7) is 0.666. The highest BCUT2D eigenvalue weighted by Gasteiger charge is 2.43. The van der Waals surface area contributed by atoms with Crippen LogP contribution in [-0.2, 0) is 10.0 Å². The van der Waals surface area contributed by atoms with Gasteiger partial charge in [0.05, 0.1) is 4.34 Å². The van der Waals surface area contributed by atoms with Gasteiger partial charge in [-0.1, -0.05) is 11.6 Å². The van der Waals surface area contributed by atoms with Crippen molar-refractivity contribution in [1.29, 1.82) is 0 Å². The van der Waals surface area contributed by atoms with E-state index in [2.05, 4.69) is 0 Å². The van der Waals surface area contributed by atoms with Crippen molar-refractivity contribution in [2.24, 2.45) is 5.92 Å². The number of nitrogens with zero attached hydrogens (tertiary/aromatic N) is 1. The number of thiophene rings is 1. The number of rotatable bonds is 3. The molecule has 1 saturated heterocycles. The lowest BCUT2D eigenvalue weighted by molar-refractivity contribution is 0.357. The predicted molar refractivity (Wildman–Crippen MR) is 69.0 cm³/mol. The molecule has 1 aliphatic heterocycles. The van der Waals surface area contributed by atoms with Crippen molar-refractivity contribution < 1.29 is 8.42 Å². The zero-order valence-electron chi connectivity index (χ0n) is 9.30. The molecule has 0 spiro atoms. The fourth-order valence-corrected chi connectivity index (χ4v) is 5.93. The number of hydrogen-bond acceptors (Lipinski definition) is 3. The minimum atomic E-state index is -3.30. The molecule has 2 fully saturated rings. The summed E-state index contributed by atoms with van der Waals surface area (Å²) in [6, 6.07) is 3.51. The molecule has 94 valence electrons. The summed E-state index contributed by atoms with van der Waals surface area (Å²) < 4.78 is 27.6. The monoisotopic (exact) mass is 291 g/mol. The second-order valence-corrected chi connectivity index (χ2v) is 8.55. The van der Waals surface area contributed by atoms with Gasteiger partial charge in [0.15, 0.2) is 0 Å². The van der Waals surface area contributed by atoms with Gasteiger partial charge in [-0.25, -0.2) is 8.42 Å². The molecule has 2 aliphatic rings. The zero-order chi connectivity index (χ0) is 12.0. The third-order valence-corrected chi connectivity index (χ3v) is 7.15. The molecule has 1 atom stereocenters. The summed E-state index contributed by atoms with van der Waals surface area (Å²) in [5.41, 5.74) is 0. The van der Waals surface area contributed by atoms with Crippen molar-refractivity contribution >= 4 is 33.0 Å². The molecule has 1 aliphatic carbocycles. The van der Waals surface area contributed by atoms with Crippen molar-refractivity contribution in [2.45, 2.75) is 35.9 Å². The minimum Gasteiger partial charge on any atom is -0.206 e. The summed E-state index contributed by atoms with van der Waals surface area (Å²) >= 11 is 6.97. The van der Waals surface area contributed by atoms with Crippen molar-refractivity contribution in [2.75, 3.05) is 6.54 Å². The minimum absolute atomic E-state index is 0.237. The quantitative estimate of drug-likeness (QED) is 0.858. The molecule has 1 aromatic heterocycles. The van der Waals surface area contributed by atoms with E-state index in [1.165, 1.54) is 12.8 Å². The van der Waals surface area contributed by atoms with E-state index in [4.69, 9.17) is 11.6 Å². The Morgan fingerprint density at radius 2 is 2.06 bits per heavy atom. The first-order valence-corrected chi connectivity index (χ1v) is 8.49. The SMILES string of the molecule is O=S(=O)(c1ccc(Cl)s1)N1CCCC1C1CC1. The first-order chi connectivity index (χ1) is 8.09. The van der Waals surface area contributed by atoms with Gasteiger partial charge in [0.1, 0.15) is 4.21 Å². The van der Waals surface area contributed by atoms with E-state index in [9.17, 15) is 8.42 Å². The zero-order valence-corrected chi connectivity index (χ0v) is 11.7. The summed E-state index contributed by atoms with van der Waals surface area (Å²) in [5.74, 6) is 0.600. The topological polar surface area (TPSA) is 37.4 Å².